The van der Waals surface area contributed by atoms with E-state index in [1.807, 2.05) is 0 Å². The van der Waals surface area contributed by atoms with Gasteiger partial charge in [-0.05, 0) is 37.3 Å². The monoisotopic (exact) mass is 342 g/mol. The molecule has 6 nitrogen and oxygen atoms in total. The van der Waals surface area contributed by atoms with Crippen LogP contribution in [0.2, 0.25) is 0 Å². The third-order valence-corrected chi connectivity index (χ3v) is 3.42. The number of aromatic amines is 1. The zero-order chi connectivity index (χ0) is 17.8. The summed E-state index contributed by atoms with van der Waals surface area (Å²) < 4.78 is 23.7. The van der Waals surface area contributed by atoms with Crippen molar-refractivity contribution in [3.63, 3.8) is 0 Å². The van der Waals surface area contributed by atoms with Gasteiger partial charge in [0.05, 0.1) is 12.3 Å². The van der Waals surface area contributed by atoms with Crippen LogP contribution in [0.25, 0.3) is 10.9 Å². The minimum Gasteiger partial charge on any atom is -0.461 e. The number of nitrogens with one attached hydrogen (secondary N) is 2. The van der Waals surface area contributed by atoms with Crippen molar-refractivity contribution in [1.82, 2.24) is 4.98 Å². The molecule has 0 aliphatic heterocycles. The highest BCUT2D eigenvalue weighted by atomic mass is 19.1. The van der Waals surface area contributed by atoms with Crippen LogP contribution >= 0.6 is 0 Å². The zero-order valence-corrected chi connectivity index (χ0v) is 13.3. The summed E-state index contributed by atoms with van der Waals surface area (Å²) in [5, 5.41) is 2.83. The molecular formula is C18H15FN2O4. The van der Waals surface area contributed by atoms with E-state index >= 15 is 0 Å². The number of H-pyrrole nitrogens is 1. The predicted octanol–water partition coefficient (Wildman–Crippen LogP) is 4.09. The molecule has 0 unspecified atom stereocenters. The molecule has 3 rings (SSSR count). The van der Waals surface area contributed by atoms with Gasteiger partial charge in [0, 0.05) is 10.9 Å². The van der Waals surface area contributed by atoms with Crippen molar-refractivity contribution in [1.29, 1.82) is 0 Å². The lowest BCUT2D eigenvalue weighted by Gasteiger charge is -2.08. The van der Waals surface area contributed by atoms with Crippen molar-refractivity contribution in [2.45, 2.75) is 6.92 Å². The van der Waals surface area contributed by atoms with E-state index < -0.39 is 17.9 Å². The number of halogens is 1. The Labute approximate surface area is 142 Å². The second-order valence-electron chi connectivity index (χ2n) is 5.11. The van der Waals surface area contributed by atoms with Gasteiger partial charge in [-0.2, -0.15) is 0 Å². The first-order valence-corrected chi connectivity index (χ1v) is 7.60. The first kappa shape index (κ1) is 16.5. The Balaban J connectivity index is 1.95. The molecule has 0 bridgehead atoms. The Bertz CT molecular complexity index is 921. The average Bonchev–Trinajstić information content (AvgIpc) is 2.94. The molecule has 128 valence electrons. The topological polar surface area (TPSA) is 80.4 Å². The van der Waals surface area contributed by atoms with Crippen LogP contribution in [0.5, 0.6) is 5.75 Å². The number of benzene rings is 2. The van der Waals surface area contributed by atoms with Crippen LogP contribution in [0, 0.1) is 5.82 Å². The maximum absolute atomic E-state index is 13.6. The van der Waals surface area contributed by atoms with Crippen LogP contribution in [0.15, 0.2) is 48.5 Å². The van der Waals surface area contributed by atoms with E-state index in [4.69, 9.17) is 9.47 Å². The SMILES string of the molecule is CCOC(=O)c1[nH]c2ccc(F)cc2c1NC(=O)Oc1ccccc1. The summed E-state index contributed by atoms with van der Waals surface area (Å²) in [5.74, 6) is -0.820. The highest BCUT2D eigenvalue weighted by Crippen LogP contribution is 2.29. The van der Waals surface area contributed by atoms with Crippen LogP contribution in [-0.2, 0) is 4.74 Å². The van der Waals surface area contributed by atoms with E-state index in [0.717, 1.165) is 0 Å². The average molecular weight is 342 g/mol. The fourth-order valence-electron chi connectivity index (χ4n) is 2.37. The maximum atomic E-state index is 13.6. The first-order chi connectivity index (χ1) is 12.1. The molecule has 1 aromatic heterocycles. The summed E-state index contributed by atoms with van der Waals surface area (Å²) in [6.45, 7) is 1.83. The summed E-state index contributed by atoms with van der Waals surface area (Å²) >= 11 is 0. The number of amides is 1. The lowest BCUT2D eigenvalue weighted by atomic mass is 10.2. The molecule has 2 aromatic carbocycles. The number of anilines is 1. The molecule has 0 spiro atoms. The molecule has 1 heterocycles. The van der Waals surface area contributed by atoms with Crippen molar-refractivity contribution in [2.75, 3.05) is 11.9 Å². The van der Waals surface area contributed by atoms with Gasteiger partial charge in [-0.15, -0.1) is 0 Å². The smallest absolute Gasteiger partial charge is 0.417 e. The summed E-state index contributed by atoms with van der Waals surface area (Å²) in [5.41, 5.74) is 0.612. The standard InChI is InChI=1S/C18H15FN2O4/c1-2-24-17(22)16-15(13-10-11(19)8-9-14(13)20-16)21-18(23)25-12-6-4-3-5-7-12/h3-10,20H,2H2,1H3,(H,21,23). The normalized spacial score (nSPS) is 10.5. The second-order valence-corrected chi connectivity index (χ2v) is 5.11. The molecule has 7 heteroatoms. The third kappa shape index (κ3) is 3.60. The van der Waals surface area contributed by atoms with Gasteiger partial charge < -0.3 is 14.5 Å². The van der Waals surface area contributed by atoms with E-state index in [9.17, 15) is 14.0 Å². The van der Waals surface area contributed by atoms with Crippen LogP contribution < -0.4 is 10.1 Å². The summed E-state index contributed by atoms with van der Waals surface area (Å²) in [4.78, 5) is 27.1. The van der Waals surface area contributed by atoms with Crippen LogP contribution in [0.3, 0.4) is 0 Å². The van der Waals surface area contributed by atoms with Gasteiger partial charge in [-0.1, -0.05) is 18.2 Å². The molecule has 0 aliphatic rings. The minimum absolute atomic E-state index is 0.0208. The maximum Gasteiger partial charge on any atom is 0.417 e. The Morgan fingerprint density at radius 2 is 1.92 bits per heavy atom. The summed E-state index contributed by atoms with van der Waals surface area (Å²) in [6.07, 6.45) is -0.804. The van der Waals surface area contributed by atoms with Gasteiger partial charge >= 0.3 is 12.1 Å². The van der Waals surface area contributed by atoms with E-state index in [1.165, 1.54) is 18.2 Å². The Kier molecular flexibility index (Phi) is 4.65. The van der Waals surface area contributed by atoms with Crippen LogP contribution in [-0.4, -0.2) is 23.7 Å². The van der Waals surface area contributed by atoms with Gasteiger partial charge in [0.1, 0.15) is 17.3 Å². The molecule has 0 radical (unpaired) electrons. The molecule has 25 heavy (non-hydrogen) atoms. The number of hydrogen-bond acceptors (Lipinski definition) is 4. The molecule has 3 aromatic rings. The number of para-hydroxylation sites is 1. The van der Waals surface area contributed by atoms with E-state index in [0.29, 0.717) is 16.7 Å². The fraction of sp³-hybridized carbons (Fsp3) is 0.111. The molecule has 0 atom stereocenters. The number of aromatic nitrogens is 1. The lowest BCUT2D eigenvalue weighted by Crippen LogP contribution is -2.19. The van der Waals surface area contributed by atoms with Crippen LogP contribution in [0.4, 0.5) is 14.9 Å². The van der Waals surface area contributed by atoms with Gasteiger partial charge in [0.15, 0.2) is 0 Å². The van der Waals surface area contributed by atoms with E-state index in [-0.39, 0.29) is 18.0 Å². The number of esters is 1. The molecular weight excluding hydrogens is 327 g/mol. The Hall–Kier alpha value is -3.35. The molecule has 2 N–H and O–H groups in total. The zero-order valence-electron chi connectivity index (χ0n) is 13.3. The quantitative estimate of drug-likeness (QED) is 0.700. The van der Waals surface area contributed by atoms with E-state index in [2.05, 4.69) is 10.3 Å². The lowest BCUT2D eigenvalue weighted by molar-refractivity contribution is 0.0522. The van der Waals surface area contributed by atoms with E-state index in [1.54, 1.807) is 37.3 Å². The molecule has 1 amide bonds. The second kappa shape index (κ2) is 7.04. The number of carbonyl (C=O) groups excluding carboxylic acids is 2. The van der Waals surface area contributed by atoms with Gasteiger partial charge in [0.2, 0.25) is 0 Å². The highest BCUT2D eigenvalue weighted by Gasteiger charge is 2.21. The number of fused-ring (bicyclic) bond motifs is 1. The van der Waals surface area contributed by atoms with Crippen molar-refractivity contribution in [2.24, 2.45) is 0 Å². The first-order valence-electron chi connectivity index (χ1n) is 7.60. The third-order valence-electron chi connectivity index (χ3n) is 3.42. The molecule has 0 aliphatic carbocycles. The number of ether oxygens (including phenoxy) is 2. The van der Waals surface area contributed by atoms with Gasteiger partial charge in [-0.25, -0.2) is 14.0 Å². The Morgan fingerprint density at radius 1 is 1.16 bits per heavy atom. The number of rotatable bonds is 4. The fourth-order valence-corrected chi connectivity index (χ4v) is 2.37. The summed E-state index contributed by atoms with van der Waals surface area (Å²) in [6, 6.07) is 12.4. The Morgan fingerprint density at radius 3 is 2.64 bits per heavy atom. The van der Waals surface area contributed by atoms with Crippen LogP contribution in [0.1, 0.15) is 17.4 Å². The van der Waals surface area contributed by atoms with Crippen molar-refractivity contribution >= 4 is 28.7 Å². The van der Waals surface area contributed by atoms with Crippen molar-refractivity contribution in [3.05, 3.63) is 60.0 Å². The van der Waals surface area contributed by atoms with Crippen molar-refractivity contribution < 1.29 is 23.5 Å². The largest absolute Gasteiger partial charge is 0.461 e. The predicted molar refractivity (Wildman–Crippen MR) is 90.3 cm³/mol. The minimum atomic E-state index is -0.804. The highest BCUT2D eigenvalue weighted by molar-refractivity contribution is 6.10. The molecule has 0 fully saturated rings. The number of hydrogen-bond donors (Lipinski definition) is 2. The molecule has 0 saturated carbocycles. The van der Waals surface area contributed by atoms with Gasteiger partial charge in [0.25, 0.3) is 0 Å². The summed E-state index contributed by atoms with van der Waals surface area (Å²) in [7, 11) is 0. The number of carbonyl (C=O) groups is 2. The van der Waals surface area contributed by atoms with Crippen molar-refractivity contribution in [3.8, 4) is 5.75 Å². The molecule has 0 saturated heterocycles. The van der Waals surface area contributed by atoms with Gasteiger partial charge in [-0.3, -0.25) is 5.32 Å².